The van der Waals surface area contributed by atoms with Gasteiger partial charge in [-0.05, 0) is 12.8 Å². The lowest BCUT2D eigenvalue weighted by Gasteiger charge is -2.06. The summed E-state index contributed by atoms with van der Waals surface area (Å²) in [4.78, 5) is 26.7. The molecule has 0 saturated carbocycles. The fourth-order valence-corrected chi connectivity index (χ4v) is 3.56. The number of carbonyl (C=O) groups is 1. The number of ether oxygens (including phenoxy) is 1. The molecule has 0 radical (unpaired) electrons. The number of amides is 1. The maximum Gasteiger partial charge on any atom is 0.238 e. The van der Waals surface area contributed by atoms with Gasteiger partial charge < -0.3 is 9.72 Å². The molecule has 2 heterocycles. The number of hydrogen-bond acceptors (Lipinski definition) is 7. The summed E-state index contributed by atoms with van der Waals surface area (Å²) in [6.07, 6.45) is 3.00. The first kappa shape index (κ1) is 19.3. The number of anilines is 1. The first-order chi connectivity index (χ1) is 12.0. The van der Waals surface area contributed by atoms with Crippen LogP contribution in [0.5, 0.6) is 5.75 Å². The summed E-state index contributed by atoms with van der Waals surface area (Å²) in [6, 6.07) is 1.35. The number of pyridine rings is 1. The Balaban J connectivity index is 1.87. The van der Waals surface area contributed by atoms with Crippen LogP contribution in [0.4, 0.5) is 5.13 Å². The lowest BCUT2D eigenvalue weighted by Crippen LogP contribution is -2.20. The van der Waals surface area contributed by atoms with Crippen LogP contribution in [0.25, 0.3) is 0 Å². The van der Waals surface area contributed by atoms with Crippen molar-refractivity contribution in [3.05, 3.63) is 33.2 Å². The second kappa shape index (κ2) is 9.42. The van der Waals surface area contributed by atoms with Crippen molar-refractivity contribution in [3.8, 4) is 5.75 Å². The molecule has 0 aromatic carbocycles. The highest BCUT2D eigenvalue weighted by Gasteiger charge is 2.13. The zero-order valence-electron chi connectivity index (χ0n) is 14.0. The van der Waals surface area contributed by atoms with Crippen molar-refractivity contribution >= 4 is 33.2 Å². The smallest absolute Gasteiger partial charge is 0.238 e. The predicted molar refractivity (Wildman–Crippen MR) is 97.5 cm³/mol. The van der Waals surface area contributed by atoms with Gasteiger partial charge in [0, 0.05) is 28.8 Å². The SMILES string of the molecule is CCCOc1c[nH]c(CS(=O)CC(=O)Nc2nnc(CC)s2)cc1=O. The number of H-pyrrole nitrogens is 1. The number of carbonyl (C=O) groups excluding carboxylic acids is 1. The standard InChI is InChI=1S/C15H20N4O4S2/c1-3-5-23-12-7-16-10(6-11(12)20)8-25(22)9-13(21)17-15-19-18-14(4-2)24-15/h6-7H,3-5,8-9H2,1-2H3,(H,16,20)(H,17,19,21). The molecule has 0 saturated heterocycles. The molecule has 2 aromatic rings. The molecule has 0 bridgehead atoms. The second-order valence-electron chi connectivity index (χ2n) is 5.17. The molecule has 2 rings (SSSR count). The largest absolute Gasteiger partial charge is 0.488 e. The number of nitrogens with zero attached hydrogens (tertiary/aromatic N) is 2. The number of aromatic amines is 1. The quantitative estimate of drug-likeness (QED) is 0.677. The highest BCUT2D eigenvalue weighted by atomic mass is 32.2. The third kappa shape index (κ3) is 6.05. The minimum Gasteiger partial charge on any atom is -0.488 e. The minimum absolute atomic E-state index is 0.0764. The molecule has 25 heavy (non-hydrogen) atoms. The zero-order valence-corrected chi connectivity index (χ0v) is 15.7. The van der Waals surface area contributed by atoms with Gasteiger partial charge in [-0.25, -0.2) is 0 Å². The van der Waals surface area contributed by atoms with E-state index >= 15 is 0 Å². The average molecular weight is 384 g/mol. The molecule has 2 N–H and O–H groups in total. The van der Waals surface area contributed by atoms with Crippen LogP contribution in [0.3, 0.4) is 0 Å². The Morgan fingerprint density at radius 3 is 2.84 bits per heavy atom. The summed E-state index contributed by atoms with van der Waals surface area (Å²) < 4.78 is 17.4. The van der Waals surface area contributed by atoms with E-state index in [0.29, 0.717) is 17.4 Å². The molecule has 2 aromatic heterocycles. The summed E-state index contributed by atoms with van der Waals surface area (Å²) in [7, 11) is -1.46. The van der Waals surface area contributed by atoms with Gasteiger partial charge in [-0.15, -0.1) is 10.2 Å². The van der Waals surface area contributed by atoms with Gasteiger partial charge in [-0.3, -0.25) is 19.1 Å². The monoisotopic (exact) mass is 384 g/mol. The minimum atomic E-state index is -1.46. The van der Waals surface area contributed by atoms with E-state index in [1.807, 2.05) is 13.8 Å². The fraction of sp³-hybridized carbons (Fsp3) is 0.467. The summed E-state index contributed by atoms with van der Waals surface area (Å²) in [5.41, 5.74) is 0.216. The summed E-state index contributed by atoms with van der Waals surface area (Å²) in [5.74, 6) is -0.274. The summed E-state index contributed by atoms with van der Waals surface area (Å²) >= 11 is 1.29. The van der Waals surface area contributed by atoms with E-state index in [4.69, 9.17) is 4.74 Å². The van der Waals surface area contributed by atoms with Crippen molar-refractivity contribution < 1.29 is 13.7 Å². The molecular weight excluding hydrogens is 364 g/mol. The van der Waals surface area contributed by atoms with E-state index in [9.17, 15) is 13.8 Å². The van der Waals surface area contributed by atoms with Crippen LogP contribution in [-0.4, -0.2) is 37.7 Å². The van der Waals surface area contributed by atoms with Crippen molar-refractivity contribution in [2.45, 2.75) is 32.4 Å². The molecule has 0 aliphatic heterocycles. The lowest BCUT2D eigenvalue weighted by molar-refractivity contribution is -0.113. The van der Waals surface area contributed by atoms with Crippen LogP contribution in [0.15, 0.2) is 17.1 Å². The molecule has 1 unspecified atom stereocenters. The molecule has 136 valence electrons. The lowest BCUT2D eigenvalue weighted by atomic mass is 10.3. The Kier molecular flexibility index (Phi) is 7.26. The van der Waals surface area contributed by atoms with E-state index in [2.05, 4.69) is 20.5 Å². The van der Waals surface area contributed by atoms with E-state index < -0.39 is 16.7 Å². The third-order valence-corrected chi connectivity index (χ3v) is 5.22. The topological polar surface area (TPSA) is 114 Å². The van der Waals surface area contributed by atoms with Crippen molar-refractivity contribution in [2.24, 2.45) is 0 Å². The first-order valence-corrected chi connectivity index (χ1v) is 10.1. The van der Waals surface area contributed by atoms with Gasteiger partial charge in [0.25, 0.3) is 0 Å². The average Bonchev–Trinajstić information content (AvgIpc) is 3.01. The first-order valence-electron chi connectivity index (χ1n) is 7.83. The van der Waals surface area contributed by atoms with E-state index in [1.54, 1.807) is 0 Å². The van der Waals surface area contributed by atoms with E-state index in [1.165, 1.54) is 23.6 Å². The predicted octanol–water partition coefficient (Wildman–Crippen LogP) is 1.46. The van der Waals surface area contributed by atoms with Gasteiger partial charge in [0.2, 0.25) is 16.5 Å². The molecule has 8 nitrogen and oxygen atoms in total. The summed E-state index contributed by atoms with van der Waals surface area (Å²) in [6.45, 7) is 4.35. The van der Waals surface area contributed by atoms with Gasteiger partial charge in [-0.1, -0.05) is 25.2 Å². The van der Waals surface area contributed by atoms with Crippen molar-refractivity contribution in [3.63, 3.8) is 0 Å². The van der Waals surface area contributed by atoms with Gasteiger partial charge in [-0.2, -0.15) is 0 Å². The molecule has 1 atom stereocenters. The maximum absolute atomic E-state index is 12.1. The molecular formula is C15H20N4O4S2. The number of rotatable bonds is 9. The molecule has 1 amide bonds. The third-order valence-electron chi connectivity index (χ3n) is 3.02. The van der Waals surface area contributed by atoms with Crippen LogP contribution in [0, 0.1) is 0 Å². The Morgan fingerprint density at radius 2 is 2.20 bits per heavy atom. The number of aromatic nitrogens is 3. The normalized spacial score (nSPS) is 11.9. The van der Waals surface area contributed by atoms with E-state index in [-0.39, 0.29) is 22.7 Å². The molecule has 10 heteroatoms. The van der Waals surface area contributed by atoms with Crippen LogP contribution in [0.1, 0.15) is 31.0 Å². The van der Waals surface area contributed by atoms with Gasteiger partial charge in [0.15, 0.2) is 5.75 Å². The number of nitrogens with one attached hydrogen (secondary N) is 2. The highest BCUT2D eigenvalue weighted by molar-refractivity contribution is 7.84. The van der Waals surface area contributed by atoms with Crippen LogP contribution < -0.4 is 15.5 Å². The van der Waals surface area contributed by atoms with Gasteiger partial charge >= 0.3 is 0 Å². The maximum atomic E-state index is 12.1. The fourth-order valence-electron chi connectivity index (χ4n) is 1.88. The molecule has 0 aliphatic rings. The van der Waals surface area contributed by atoms with Gasteiger partial charge in [0.1, 0.15) is 10.8 Å². The van der Waals surface area contributed by atoms with Crippen molar-refractivity contribution in [1.29, 1.82) is 0 Å². The Hall–Kier alpha value is -2.07. The van der Waals surface area contributed by atoms with Crippen LogP contribution in [0.2, 0.25) is 0 Å². The van der Waals surface area contributed by atoms with Crippen molar-refractivity contribution in [2.75, 3.05) is 17.7 Å². The molecule has 0 spiro atoms. The highest BCUT2D eigenvalue weighted by Crippen LogP contribution is 2.15. The van der Waals surface area contributed by atoms with E-state index in [0.717, 1.165) is 17.8 Å². The zero-order chi connectivity index (χ0) is 18.2. The Morgan fingerprint density at radius 1 is 1.40 bits per heavy atom. The number of aryl methyl sites for hydroxylation is 1. The Labute approximate surface area is 151 Å². The van der Waals surface area contributed by atoms with Crippen molar-refractivity contribution in [1.82, 2.24) is 15.2 Å². The number of hydrogen-bond donors (Lipinski definition) is 2. The second-order valence-corrected chi connectivity index (χ2v) is 7.69. The van der Waals surface area contributed by atoms with Crippen LogP contribution >= 0.6 is 11.3 Å². The molecule has 0 aliphatic carbocycles. The summed E-state index contributed by atoms with van der Waals surface area (Å²) in [5, 5.41) is 11.5. The van der Waals surface area contributed by atoms with Crippen LogP contribution in [-0.2, 0) is 27.8 Å². The Bertz CT molecular complexity index is 803. The molecule has 0 fully saturated rings. The van der Waals surface area contributed by atoms with Gasteiger partial charge in [0.05, 0.1) is 12.4 Å².